The van der Waals surface area contributed by atoms with Gasteiger partial charge in [-0.15, -0.1) is 0 Å². The van der Waals surface area contributed by atoms with Crippen molar-refractivity contribution in [3.63, 3.8) is 0 Å². The molecule has 20 heteroatoms. The first kappa shape index (κ1) is 53.9. The molecule has 8 rings (SSSR count). The van der Waals surface area contributed by atoms with E-state index < -0.39 is 0 Å². The summed E-state index contributed by atoms with van der Waals surface area (Å²) in [5, 5.41) is 16.2. The van der Waals surface area contributed by atoms with Crippen molar-refractivity contribution < 1.29 is 50.7 Å². The van der Waals surface area contributed by atoms with Crippen LogP contribution >= 0.6 is 0 Å². The van der Waals surface area contributed by atoms with Crippen LogP contribution in [0.25, 0.3) is 34.2 Å². The van der Waals surface area contributed by atoms with E-state index in [1.165, 1.54) is 0 Å². The van der Waals surface area contributed by atoms with Crippen LogP contribution in [0, 0.1) is 0 Å². The molecule has 67 heavy (non-hydrogen) atoms. The Hall–Kier alpha value is -5.67. The second kappa shape index (κ2) is 27.2. The van der Waals surface area contributed by atoms with Crippen LogP contribution < -0.4 is 50.5 Å². The first-order valence-electron chi connectivity index (χ1n) is 21.8. The topological polar surface area (TPSA) is 201 Å². The number of benzene rings is 2. The van der Waals surface area contributed by atoms with Gasteiger partial charge >= 0.3 is 35.5 Å². The molecule has 0 aliphatic carbocycles. The number of aromatic nitrogens is 8. The monoisotopic (exact) mass is 921 g/mol. The fourth-order valence-corrected chi connectivity index (χ4v) is 7.29. The molecule has 2 saturated heterocycles. The number of anilines is 2. The summed E-state index contributed by atoms with van der Waals surface area (Å²) in [5.74, 6) is 1.90. The summed E-state index contributed by atoms with van der Waals surface area (Å²) in [7, 11) is 5.15. The Balaban J connectivity index is 0.000000335. The number of hydrogen-bond donors (Lipinski definition) is 2. The molecule has 0 unspecified atom stereocenters. The van der Waals surface area contributed by atoms with E-state index in [2.05, 4.69) is 58.7 Å². The predicted octanol–water partition coefficient (Wildman–Crippen LogP) is -0.353. The molecule has 0 saturated carbocycles. The van der Waals surface area contributed by atoms with E-state index in [1.807, 2.05) is 53.4 Å². The van der Waals surface area contributed by atoms with Gasteiger partial charge in [0.1, 0.15) is 0 Å². The molecule has 6 aromatic rings. The zero-order valence-electron chi connectivity index (χ0n) is 40.1. The van der Waals surface area contributed by atoms with Crippen LogP contribution in [0.1, 0.15) is 32.6 Å². The number of carbonyl (C=O) groups excluding carboxylic acids is 1. The normalized spacial score (nSPS) is 13.8. The number of aliphatic hydroxyl groups excluding tert-OH is 2. The molecule has 2 aliphatic heterocycles. The predicted molar refractivity (Wildman–Crippen MR) is 257 cm³/mol. The summed E-state index contributed by atoms with van der Waals surface area (Å²) in [6, 6.07) is 18.7. The maximum Gasteiger partial charge on any atom is 1.00 e. The Morgan fingerprint density at radius 3 is 1.40 bits per heavy atom. The second-order valence-electron chi connectivity index (χ2n) is 15.4. The van der Waals surface area contributed by atoms with Crippen molar-refractivity contribution >= 4 is 26.0 Å². The van der Waals surface area contributed by atoms with Gasteiger partial charge in [0, 0.05) is 141 Å². The van der Waals surface area contributed by atoms with Crippen molar-refractivity contribution in [2.24, 2.45) is 0 Å². The number of ether oxygens (including phenoxy) is 1. The maximum atomic E-state index is 13.4. The standard InChI is InChI=1S/C24H28N6O3.C22H26N6O2.CH4O.B.Na.H/c1-3-33-21(31)10-7-19-17-30(24(32)23(27-19)29-15-13-28(2)14-16-29)20-8-5-18(6-9-20)22-25-11-4-12-26-22;1-26-11-13-27(14-12-26)21-22(30)28(16-18(25-21)4-2-15-29)19-7-5-17(6-8-19)20-23-9-3-10-24-20;1-2;;;/h4-6,8-9,11-12,17H,3,7,10,13-16H2,1-2H3;3,5-10,16,29H,2,4,11-15H2,1H3;2H,1H3;;;/q;;;;+1;-1. The minimum Gasteiger partial charge on any atom is -1.00 e. The van der Waals surface area contributed by atoms with Crippen molar-refractivity contribution in [1.29, 1.82) is 0 Å². The van der Waals surface area contributed by atoms with Gasteiger partial charge in [-0.2, -0.15) is 0 Å². The summed E-state index contributed by atoms with van der Waals surface area (Å²) < 4.78 is 8.32. The summed E-state index contributed by atoms with van der Waals surface area (Å²) in [5.41, 5.74) is 4.40. The van der Waals surface area contributed by atoms with E-state index in [9.17, 15) is 19.5 Å². The Bertz CT molecular complexity index is 2550. The van der Waals surface area contributed by atoms with Crippen molar-refractivity contribution in [2.75, 3.05) is 96.6 Å². The fourth-order valence-electron chi connectivity index (χ4n) is 7.29. The molecule has 2 aliphatic rings. The number of aryl methyl sites for hydroxylation is 2. The van der Waals surface area contributed by atoms with Gasteiger partial charge in [-0.3, -0.25) is 23.5 Å². The summed E-state index contributed by atoms with van der Waals surface area (Å²) in [6.45, 7) is 8.73. The molecule has 2 fully saturated rings. The Morgan fingerprint density at radius 2 is 1.03 bits per heavy atom. The van der Waals surface area contributed by atoms with E-state index in [-0.39, 0.29) is 69.5 Å². The van der Waals surface area contributed by atoms with Crippen LogP contribution in [0.15, 0.2) is 107 Å². The van der Waals surface area contributed by atoms with E-state index in [0.717, 1.165) is 87.7 Å². The smallest absolute Gasteiger partial charge is 1.00 e. The summed E-state index contributed by atoms with van der Waals surface area (Å²) >= 11 is 0. The zero-order valence-corrected chi connectivity index (χ0v) is 41.1. The number of carbonyl (C=O) groups is 1. The Morgan fingerprint density at radius 1 is 0.642 bits per heavy atom. The number of likely N-dealkylation sites (N-methyl/N-ethyl adjacent to an activating group) is 2. The van der Waals surface area contributed by atoms with Crippen molar-refractivity contribution in [3.05, 3.63) is 130 Å². The quantitative estimate of drug-likeness (QED) is 0.112. The first-order chi connectivity index (χ1) is 31.7. The number of esters is 1. The minimum absolute atomic E-state index is 0. The number of hydrogen-bond acceptors (Lipinski definition) is 16. The molecule has 347 valence electrons. The first-order valence-corrected chi connectivity index (χ1v) is 21.8. The van der Waals surface area contributed by atoms with Gasteiger partial charge in [0.25, 0.3) is 11.1 Å². The van der Waals surface area contributed by atoms with Gasteiger partial charge in [0.05, 0.1) is 24.4 Å². The summed E-state index contributed by atoms with van der Waals surface area (Å²) in [4.78, 5) is 73.6. The van der Waals surface area contributed by atoms with Gasteiger partial charge in [-0.05, 0) is 94.5 Å². The van der Waals surface area contributed by atoms with Crippen LogP contribution in [-0.4, -0.2) is 160 Å². The number of rotatable bonds is 13. The summed E-state index contributed by atoms with van der Waals surface area (Å²) in [6.07, 6.45) is 12.1. The van der Waals surface area contributed by atoms with E-state index in [0.29, 0.717) is 54.8 Å². The van der Waals surface area contributed by atoms with E-state index in [1.54, 1.807) is 65.4 Å². The molecule has 18 nitrogen and oxygen atoms in total. The number of piperazine rings is 2. The third kappa shape index (κ3) is 14.7. The van der Waals surface area contributed by atoms with E-state index >= 15 is 0 Å². The van der Waals surface area contributed by atoms with Crippen LogP contribution in [0.5, 0.6) is 0 Å². The molecule has 0 atom stereocenters. The fraction of sp³-hybridized carbons (Fsp3) is 0.383. The molecule has 0 spiro atoms. The average molecular weight is 922 g/mol. The molecule has 0 amide bonds. The van der Waals surface area contributed by atoms with Gasteiger partial charge in [-0.1, -0.05) is 0 Å². The Kier molecular flexibility index (Phi) is 21.9. The minimum atomic E-state index is -0.273. The molecule has 2 N–H and O–H groups in total. The SMILES string of the molecule is CCOC(=O)CCc1cn(-c2ccc(-c3ncccn3)cc2)c(=O)c(N2CCN(C)CC2)n1.CN1CCN(c2nc(CCCO)cn(-c3ccc(-c4ncccn4)cc3)c2=O)CC1.CO.[B].[H-].[Na+]. The van der Waals surface area contributed by atoms with Crippen LogP contribution in [0.2, 0.25) is 0 Å². The molecule has 6 heterocycles. The van der Waals surface area contributed by atoms with Gasteiger partial charge in [0.15, 0.2) is 23.3 Å². The van der Waals surface area contributed by atoms with Crippen LogP contribution in [0.4, 0.5) is 11.6 Å². The van der Waals surface area contributed by atoms with Crippen LogP contribution in [0.3, 0.4) is 0 Å². The van der Waals surface area contributed by atoms with Crippen molar-refractivity contribution in [1.82, 2.24) is 48.8 Å². The maximum absolute atomic E-state index is 13.4. The third-order valence-corrected chi connectivity index (χ3v) is 10.9. The van der Waals surface area contributed by atoms with Crippen molar-refractivity contribution in [3.8, 4) is 34.2 Å². The molecule has 0 bridgehead atoms. The van der Waals surface area contributed by atoms with Gasteiger partial charge in [-0.25, -0.2) is 29.9 Å². The zero-order chi connectivity index (χ0) is 46.1. The molecular weight excluding hydrogens is 862 g/mol. The third-order valence-electron chi connectivity index (χ3n) is 10.9. The van der Waals surface area contributed by atoms with Crippen LogP contribution in [-0.2, 0) is 22.4 Å². The average Bonchev–Trinajstić information content (AvgIpc) is 3.35. The molecular formula is C47H59BN12NaO6. The van der Waals surface area contributed by atoms with Gasteiger partial charge in [0.2, 0.25) is 0 Å². The largest absolute Gasteiger partial charge is 1.00 e. The van der Waals surface area contributed by atoms with E-state index in [4.69, 9.17) is 9.84 Å². The number of aliphatic hydroxyl groups is 2. The van der Waals surface area contributed by atoms with Crippen molar-refractivity contribution in [2.45, 2.75) is 32.6 Å². The van der Waals surface area contributed by atoms with Gasteiger partial charge < -0.3 is 36.0 Å². The molecule has 2 aromatic carbocycles. The Labute approximate surface area is 416 Å². The molecule has 3 radical (unpaired) electrons. The number of nitrogens with zero attached hydrogens (tertiary/aromatic N) is 12. The molecule has 4 aromatic heterocycles. The second-order valence-corrected chi connectivity index (χ2v) is 15.4.